The Bertz CT molecular complexity index is 615. The number of rotatable bonds is 9. The molecule has 1 aromatic carbocycles. The first-order valence-corrected chi connectivity index (χ1v) is 8.26. The summed E-state index contributed by atoms with van der Waals surface area (Å²) in [5, 5.41) is 11.7. The number of ether oxygens (including phenoxy) is 1. The molecule has 1 rings (SSSR count). The maximum atomic E-state index is 12.7. The molecular weight excluding hydrogens is 324 g/mol. The molecule has 7 heteroatoms. The lowest BCUT2D eigenvalue weighted by Gasteiger charge is -2.28. The number of methoxy groups -OCH3 is 1. The van der Waals surface area contributed by atoms with E-state index in [4.69, 9.17) is 9.84 Å². The molecule has 0 radical (unpaired) electrons. The second kappa shape index (κ2) is 9.66. The van der Waals surface area contributed by atoms with Crippen LogP contribution in [0.5, 0.6) is 5.75 Å². The Morgan fingerprint density at radius 1 is 1.24 bits per heavy atom. The molecule has 138 valence electrons. The summed E-state index contributed by atoms with van der Waals surface area (Å²) in [7, 11) is 1.47. The Balaban J connectivity index is 3.00. The number of amides is 2. The van der Waals surface area contributed by atoms with E-state index in [9.17, 15) is 14.4 Å². The molecular formula is C18H26N2O5. The number of aliphatic carboxylic acids is 1. The van der Waals surface area contributed by atoms with Gasteiger partial charge in [0.1, 0.15) is 18.3 Å². The van der Waals surface area contributed by atoms with Gasteiger partial charge in [0.15, 0.2) is 0 Å². The number of para-hydroxylation sites is 1. The summed E-state index contributed by atoms with van der Waals surface area (Å²) in [5.41, 5.74) is 0.323. The predicted molar refractivity (Wildman–Crippen MR) is 93.6 cm³/mol. The molecule has 7 nitrogen and oxygen atoms in total. The summed E-state index contributed by atoms with van der Waals surface area (Å²) in [4.78, 5) is 37.6. The van der Waals surface area contributed by atoms with Crippen molar-refractivity contribution in [2.45, 2.75) is 33.2 Å². The molecule has 0 saturated carbocycles. The maximum absolute atomic E-state index is 12.7. The molecule has 0 aromatic heterocycles. The minimum atomic E-state index is -1.08. The van der Waals surface area contributed by atoms with Gasteiger partial charge in [0.25, 0.3) is 5.91 Å². The first-order valence-electron chi connectivity index (χ1n) is 8.26. The fourth-order valence-electron chi connectivity index (χ4n) is 2.46. The van der Waals surface area contributed by atoms with Crippen LogP contribution in [-0.4, -0.2) is 54.0 Å². The lowest BCUT2D eigenvalue weighted by atomic mass is 10.0. The molecule has 0 aliphatic rings. The Morgan fingerprint density at radius 2 is 1.88 bits per heavy atom. The van der Waals surface area contributed by atoms with Gasteiger partial charge in [0, 0.05) is 6.54 Å². The van der Waals surface area contributed by atoms with E-state index < -0.39 is 23.8 Å². The van der Waals surface area contributed by atoms with Crippen LogP contribution in [0.3, 0.4) is 0 Å². The topological polar surface area (TPSA) is 95.9 Å². The van der Waals surface area contributed by atoms with Crippen molar-refractivity contribution in [2.24, 2.45) is 5.92 Å². The zero-order valence-electron chi connectivity index (χ0n) is 15.1. The molecule has 2 amide bonds. The molecule has 25 heavy (non-hydrogen) atoms. The van der Waals surface area contributed by atoms with Crippen LogP contribution in [0.1, 0.15) is 37.6 Å². The highest BCUT2D eigenvalue weighted by Gasteiger charge is 2.30. The van der Waals surface area contributed by atoms with Crippen LogP contribution in [0.25, 0.3) is 0 Å². The SMILES string of the molecule is CCCN(CC(=O)O)C(=O)C(NC(=O)c1ccccc1OC)C(C)C. The lowest BCUT2D eigenvalue weighted by molar-refractivity contribution is -0.145. The summed E-state index contributed by atoms with van der Waals surface area (Å²) in [6, 6.07) is 5.91. The van der Waals surface area contributed by atoms with Crippen LogP contribution in [0.15, 0.2) is 24.3 Å². The fraction of sp³-hybridized carbons (Fsp3) is 0.500. The molecule has 0 aliphatic carbocycles. The van der Waals surface area contributed by atoms with Crippen LogP contribution < -0.4 is 10.1 Å². The van der Waals surface area contributed by atoms with Gasteiger partial charge in [-0.1, -0.05) is 32.9 Å². The Kier molecular flexibility index (Phi) is 7.91. The number of carboxylic acids is 1. The smallest absolute Gasteiger partial charge is 0.323 e. The van der Waals surface area contributed by atoms with Crippen molar-refractivity contribution in [3.63, 3.8) is 0 Å². The Morgan fingerprint density at radius 3 is 2.40 bits per heavy atom. The fourth-order valence-corrected chi connectivity index (χ4v) is 2.46. The molecule has 1 aromatic rings. The average Bonchev–Trinajstić information content (AvgIpc) is 2.57. The van der Waals surface area contributed by atoms with Gasteiger partial charge in [-0.2, -0.15) is 0 Å². The van der Waals surface area contributed by atoms with Crippen LogP contribution >= 0.6 is 0 Å². The van der Waals surface area contributed by atoms with E-state index in [0.29, 0.717) is 24.3 Å². The van der Waals surface area contributed by atoms with Crippen LogP contribution in [0.2, 0.25) is 0 Å². The predicted octanol–water partition coefficient (Wildman–Crippen LogP) is 1.77. The maximum Gasteiger partial charge on any atom is 0.323 e. The third-order valence-electron chi connectivity index (χ3n) is 3.70. The molecule has 2 N–H and O–H groups in total. The number of hydrogen-bond donors (Lipinski definition) is 2. The number of nitrogens with zero attached hydrogens (tertiary/aromatic N) is 1. The van der Waals surface area contributed by atoms with E-state index in [0.717, 1.165) is 0 Å². The summed E-state index contributed by atoms with van der Waals surface area (Å²) in [5.74, 6) is -1.70. The van der Waals surface area contributed by atoms with E-state index >= 15 is 0 Å². The number of carboxylic acid groups (broad SMARTS) is 1. The van der Waals surface area contributed by atoms with Gasteiger partial charge in [0.05, 0.1) is 12.7 Å². The van der Waals surface area contributed by atoms with Crippen molar-refractivity contribution in [1.82, 2.24) is 10.2 Å². The summed E-state index contributed by atoms with van der Waals surface area (Å²) in [6.07, 6.45) is 0.629. The standard InChI is InChI=1S/C18H26N2O5/c1-5-10-20(11-15(21)22)18(24)16(12(2)3)19-17(23)13-8-6-7-9-14(13)25-4/h6-9,12,16H,5,10-11H2,1-4H3,(H,19,23)(H,21,22). The van der Waals surface area contributed by atoms with Gasteiger partial charge < -0.3 is 20.1 Å². The van der Waals surface area contributed by atoms with E-state index in [1.54, 1.807) is 38.1 Å². The van der Waals surface area contributed by atoms with Gasteiger partial charge in [-0.05, 0) is 24.5 Å². The minimum Gasteiger partial charge on any atom is -0.496 e. The molecule has 1 unspecified atom stereocenters. The van der Waals surface area contributed by atoms with Crippen molar-refractivity contribution < 1.29 is 24.2 Å². The molecule has 0 fully saturated rings. The van der Waals surface area contributed by atoms with E-state index in [1.807, 2.05) is 6.92 Å². The highest BCUT2D eigenvalue weighted by Crippen LogP contribution is 2.18. The second-order valence-electron chi connectivity index (χ2n) is 6.05. The van der Waals surface area contributed by atoms with Crippen molar-refractivity contribution in [1.29, 1.82) is 0 Å². The van der Waals surface area contributed by atoms with E-state index in [-0.39, 0.29) is 12.5 Å². The Labute approximate surface area is 148 Å². The molecule has 0 aliphatic heterocycles. The highest BCUT2D eigenvalue weighted by molar-refractivity contribution is 6.00. The third-order valence-corrected chi connectivity index (χ3v) is 3.70. The van der Waals surface area contributed by atoms with E-state index in [2.05, 4.69) is 5.32 Å². The van der Waals surface area contributed by atoms with Gasteiger partial charge in [0.2, 0.25) is 5.91 Å². The first kappa shape index (κ1) is 20.5. The van der Waals surface area contributed by atoms with Crippen molar-refractivity contribution in [2.75, 3.05) is 20.2 Å². The van der Waals surface area contributed by atoms with Crippen LogP contribution in [0, 0.1) is 5.92 Å². The monoisotopic (exact) mass is 350 g/mol. The van der Waals surface area contributed by atoms with Crippen molar-refractivity contribution in [3.8, 4) is 5.75 Å². The van der Waals surface area contributed by atoms with Crippen molar-refractivity contribution >= 4 is 17.8 Å². The minimum absolute atomic E-state index is 0.195. The molecule has 0 saturated heterocycles. The largest absolute Gasteiger partial charge is 0.496 e. The van der Waals surface area contributed by atoms with Crippen LogP contribution in [0.4, 0.5) is 0 Å². The highest BCUT2D eigenvalue weighted by atomic mass is 16.5. The van der Waals surface area contributed by atoms with Gasteiger partial charge in [-0.3, -0.25) is 14.4 Å². The molecule has 0 bridgehead atoms. The van der Waals surface area contributed by atoms with Crippen LogP contribution in [-0.2, 0) is 9.59 Å². The zero-order chi connectivity index (χ0) is 19.0. The first-order chi connectivity index (χ1) is 11.8. The number of carbonyl (C=O) groups excluding carboxylic acids is 2. The number of hydrogen-bond acceptors (Lipinski definition) is 4. The quantitative estimate of drug-likeness (QED) is 0.708. The normalized spacial score (nSPS) is 11.7. The summed E-state index contributed by atoms with van der Waals surface area (Å²) >= 11 is 0. The van der Waals surface area contributed by atoms with Gasteiger partial charge >= 0.3 is 5.97 Å². The molecule has 0 spiro atoms. The summed E-state index contributed by atoms with van der Waals surface area (Å²) in [6.45, 7) is 5.39. The third kappa shape index (κ3) is 5.77. The lowest BCUT2D eigenvalue weighted by Crippen LogP contribution is -2.52. The molecule has 1 atom stereocenters. The van der Waals surface area contributed by atoms with Gasteiger partial charge in [-0.15, -0.1) is 0 Å². The van der Waals surface area contributed by atoms with Crippen molar-refractivity contribution in [3.05, 3.63) is 29.8 Å². The molecule has 0 heterocycles. The average molecular weight is 350 g/mol. The number of nitrogens with one attached hydrogen (secondary N) is 1. The second-order valence-corrected chi connectivity index (χ2v) is 6.05. The zero-order valence-corrected chi connectivity index (χ0v) is 15.1. The number of benzene rings is 1. The van der Waals surface area contributed by atoms with E-state index in [1.165, 1.54) is 12.0 Å². The number of carbonyl (C=O) groups is 3. The van der Waals surface area contributed by atoms with Gasteiger partial charge in [-0.25, -0.2) is 0 Å². The summed E-state index contributed by atoms with van der Waals surface area (Å²) < 4.78 is 5.17. The Hall–Kier alpha value is -2.57.